The van der Waals surface area contributed by atoms with Crippen LogP contribution in [0.4, 0.5) is 35.1 Å². The van der Waals surface area contributed by atoms with E-state index in [1.54, 1.807) is 13.8 Å². The molecular formula is C16H26F8O. The number of unbranched alkanes of at least 4 members (excludes halogenated alkanes) is 4. The monoisotopic (exact) mass is 386 g/mol. The van der Waals surface area contributed by atoms with Crippen LogP contribution in [-0.2, 0) is 4.74 Å². The molecule has 9 heteroatoms. The van der Waals surface area contributed by atoms with Crippen LogP contribution in [0.5, 0.6) is 0 Å². The number of rotatable bonds is 12. The van der Waals surface area contributed by atoms with Crippen molar-refractivity contribution in [2.75, 3.05) is 0 Å². The van der Waals surface area contributed by atoms with Crippen LogP contribution in [0.15, 0.2) is 0 Å². The Labute approximate surface area is 143 Å². The van der Waals surface area contributed by atoms with Gasteiger partial charge in [-0.1, -0.05) is 52.4 Å². The molecule has 0 radical (unpaired) electrons. The Morgan fingerprint density at radius 1 is 0.640 bits per heavy atom. The Morgan fingerprint density at radius 2 is 0.960 bits per heavy atom. The van der Waals surface area contributed by atoms with Crippen molar-refractivity contribution in [3.8, 4) is 0 Å². The Morgan fingerprint density at radius 3 is 1.20 bits per heavy atom. The second-order valence-electron chi connectivity index (χ2n) is 6.09. The van der Waals surface area contributed by atoms with E-state index in [0.717, 1.165) is 0 Å². The van der Waals surface area contributed by atoms with Crippen molar-refractivity contribution in [3.63, 3.8) is 0 Å². The van der Waals surface area contributed by atoms with Crippen molar-refractivity contribution in [2.45, 2.75) is 102 Å². The van der Waals surface area contributed by atoms with E-state index in [1.807, 2.05) is 0 Å². The largest absolute Gasteiger partial charge is 0.422 e. The van der Waals surface area contributed by atoms with E-state index in [9.17, 15) is 35.1 Å². The molecule has 0 heterocycles. The predicted octanol–water partition coefficient (Wildman–Crippen LogP) is 6.70. The van der Waals surface area contributed by atoms with Crippen LogP contribution < -0.4 is 0 Å². The first-order valence-electron chi connectivity index (χ1n) is 8.52. The zero-order valence-electron chi connectivity index (χ0n) is 14.4. The summed E-state index contributed by atoms with van der Waals surface area (Å²) in [6.45, 7) is 3.53. The van der Waals surface area contributed by atoms with Crippen LogP contribution in [0.25, 0.3) is 0 Å². The van der Waals surface area contributed by atoms with Gasteiger partial charge in [0.25, 0.3) is 0 Å². The molecule has 0 saturated heterocycles. The molecule has 0 bridgehead atoms. The molecule has 0 aromatic carbocycles. The van der Waals surface area contributed by atoms with Crippen LogP contribution in [0.2, 0.25) is 0 Å². The SMILES string of the molecule is CCCCCC(OC(CCCCC)C(F)C(F)(F)F)C(F)C(F)(F)F. The van der Waals surface area contributed by atoms with Crippen LogP contribution >= 0.6 is 0 Å². The van der Waals surface area contributed by atoms with Gasteiger partial charge in [-0.3, -0.25) is 0 Å². The minimum Gasteiger partial charge on any atom is -0.368 e. The zero-order chi connectivity index (χ0) is 19.7. The number of alkyl halides is 8. The molecule has 0 fully saturated rings. The second-order valence-corrected chi connectivity index (χ2v) is 6.09. The van der Waals surface area contributed by atoms with E-state index >= 15 is 0 Å². The summed E-state index contributed by atoms with van der Waals surface area (Å²) >= 11 is 0. The van der Waals surface area contributed by atoms with E-state index in [0.29, 0.717) is 25.7 Å². The van der Waals surface area contributed by atoms with E-state index < -0.39 is 49.7 Å². The highest BCUT2D eigenvalue weighted by Gasteiger charge is 2.50. The first-order chi connectivity index (χ1) is 11.4. The first kappa shape index (κ1) is 24.4. The van der Waals surface area contributed by atoms with Crippen molar-refractivity contribution in [1.82, 2.24) is 0 Å². The molecule has 0 aliphatic rings. The molecule has 0 amide bonds. The zero-order valence-corrected chi connectivity index (χ0v) is 14.4. The van der Waals surface area contributed by atoms with E-state index in [4.69, 9.17) is 4.74 Å². The molecule has 4 unspecified atom stereocenters. The third-order valence-corrected chi connectivity index (χ3v) is 3.81. The summed E-state index contributed by atoms with van der Waals surface area (Å²) in [7, 11) is 0. The van der Waals surface area contributed by atoms with Gasteiger partial charge in [-0.2, -0.15) is 26.3 Å². The molecule has 0 aliphatic heterocycles. The lowest BCUT2D eigenvalue weighted by Gasteiger charge is -2.30. The fraction of sp³-hybridized carbons (Fsp3) is 1.00. The predicted molar refractivity (Wildman–Crippen MR) is 78.8 cm³/mol. The minimum atomic E-state index is -5.27. The normalized spacial score (nSPS) is 18.0. The van der Waals surface area contributed by atoms with Gasteiger partial charge in [-0.15, -0.1) is 0 Å². The standard InChI is InChI=1S/C16H26F8O/c1-3-5-7-9-11(13(17)15(19,20)21)25-12(10-8-6-4-2)14(18)16(22,23)24/h11-14H,3-10H2,1-2H3. The molecule has 0 rings (SSSR count). The van der Waals surface area contributed by atoms with Crippen LogP contribution in [-0.4, -0.2) is 36.9 Å². The summed E-state index contributed by atoms with van der Waals surface area (Å²) in [4.78, 5) is 0. The highest BCUT2D eigenvalue weighted by atomic mass is 19.4. The topological polar surface area (TPSA) is 9.23 Å². The van der Waals surface area contributed by atoms with Gasteiger partial charge in [0, 0.05) is 0 Å². The summed E-state index contributed by atoms with van der Waals surface area (Å²) in [5, 5.41) is 0. The summed E-state index contributed by atoms with van der Waals surface area (Å²) < 4.78 is 108. The van der Waals surface area contributed by atoms with E-state index in [1.165, 1.54) is 0 Å². The smallest absolute Gasteiger partial charge is 0.368 e. The maximum absolute atomic E-state index is 13.7. The van der Waals surface area contributed by atoms with Gasteiger partial charge < -0.3 is 4.74 Å². The molecule has 25 heavy (non-hydrogen) atoms. The summed E-state index contributed by atoms with van der Waals surface area (Å²) in [5.41, 5.74) is 0. The molecule has 0 N–H and O–H groups in total. The molecule has 0 aromatic heterocycles. The molecule has 152 valence electrons. The van der Waals surface area contributed by atoms with Crippen molar-refractivity contribution in [2.24, 2.45) is 0 Å². The molecule has 0 spiro atoms. The average Bonchev–Trinajstić information content (AvgIpc) is 2.49. The molecule has 0 aliphatic carbocycles. The van der Waals surface area contributed by atoms with E-state index in [-0.39, 0.29) is 12.8 Å². The fourth-order valence-electron chi connectivity index (χ4n) is 2.40. The van der Waals surface area contributed by atoms with Crippen LogP contribution in [0, 0.1) is 0 Å². The molecular weight excluding hydrogens is 360 g/mol. The van der Waals surface area contributed by atoms with Gasteiger partial charge >= 0.3 is 12.4 Å². The molecule has 1 nitrogen and oxygen atoms in total. The quantitative estimate of drug-likeness (QED) is 0.268. The Hall–Kier alpha value is -0.600. The first-order valence-corrected chi connectivity index (χ1v) is 8.52. The lowest BCUT2D eigenvalue weighted by Crippen LogP contribution is -2.45. The lowest BCUT2D eigenvalue weighted by molar-refractivity contribution is -0.248. The van der Waals surface area contributed by atoms with Crippen molar-refractivity contribution >= 4 is 0 Å². The minimum absolute atomic E-state index is 0.155. The van der Waals surface area contributed by atoms with Crippen LogP contribution in [0.3, 0.4) is 0 Å². The van der Waals surface area contributed by atoms with Gasteiger partial charge in [-0.25, -0.2) is 8.78 Å². The molecule has 4 atom stereocenters. The second kappa shape index (κ2) is 11.2. The maximum Gasteiger partial charge on any atom is 0.422 e. The van der Waals surface area contributed by atoms with Gasteiger partial charge in [0.05, 0.1) is 12.2 Å². The highest BCUT2D eigenvalue weighted by Crippen LogP contribution is 2.34. The molecule has 0 aromatic rings. The number of ether oxygens (including phenoxy) is 1. The highest BCUT2D eigenvalue weighted by molar-refractivity contribution is 4.83. The number of halogens is 8. The van der Waals surface area contributed by atoms with Gasteiger partial charge in [0.15, 0.2) is 0 Å². The average molecular weight is 386 g/mol. The molecule has 0 saturated carbocycles. The number of hydrogen-bond acceptors (Lipinski definition) is 1. The van der Waals surface area contributed by atoms with Gasteiger partial charge in [0.2, 0.25) is 12.3 Å². The third kappa shape index (κ3) is 9.61. The fourth-order valence-corrected chi connectivity index (χ4v) is 2.40. The maximum atomic E-state index is 13.7. The Balaban J connectivity index is 5.18. The van der Waals surface area contributed by atoms with Crippen molar-refractivity contribution < 1.29 is 39.9 Å². The summed E-state index contributed by atoms with van der Waals surface area (Å²) in [6.07, 6.45) is -20.0. The number of hydrogen-bond donors (Lipinski definition) is 0. The Kier molecular flexibility index (Phi) is 10.9. The Bertz CT molecular complexity index is 310. The van der Waals surface area contributed by atoms with Gasteiger partial charge in [-0.05, 0) is 12.8 Å². The summed E-state index contributed by atoms with van der Waals surface area (Å²) in [6, 6.07) is 0. The van der Waals surface area contributed by atoms with Crippen LogP contribution in [0.1, 0.15) is 65.2 Å². The van der Waals surface area contributed by atoms with E-state index in [2.05, 4.69) is 0 Å². The van der Waals surface area contributed by atoms with Crippen molar-refractivity contribution in [3.05, 3.63) is 0 Å². The summed E-state index contributed by atoms with van der Waals surface area (Å²) in [5.74, 6) is 0. The van der Waals surface area contributed by atoms with Gasteiger partial charge in [0.1, 0.15) is 0 Å². The third-order valence-electron chi connectivity index (χ3n) is 3.81. The lowest BCUT2D eigenvalue weighted by atomic mass is 10.0. The van der Waals surface area contributed by atoms with Crippen molar-refractivity contribution in [1.29, 1.82) is 0 Å².